The van der Waals surface area contributed by atoms with Crippen LogP contribution in [0.2, 0.25) is 0 Å². The Morgan fingerprint density at radius 3 is 2.53 bits per heavy atom. The van der Waals surface area contributed by atoms with Crippen LogP contribution in [-0.4, -0.2) is 31.6 Å². The quantitative estimate of drug-likeness (QED) is 0.595. The number of benzene rings is 1. The van der Waals surface area contributed by atoms with Gasteiger partial charge in [0.25, 0.3) is 0 Å². The smallest absolute Gasteiger partial charge is 0.341 e. The number of ether oxygens (including phenoxy) is 2. The minimum atomic E-state index is -0.727. The number of carbonyl (C=O) groups is 2. The second-order valence-electron chi connectivity index (χ2n) is 2.73. The van der Waals surface area contributed by atoms with E-state index in [-0.39, 0.29) is 22.6 Å². The van der Waals surface area contributed by atoms with Crippen LogP contribution in [-0.2, 0) is 4.74 Å². The molecule has 0 aliphatic carbocycles. The maximum atomic E-state index is 11.2. The van der Waals surface area contributed by atoms with Crippen molar-refractivity contribution in [2.24, 2.45) is 0 Å². The van der Waals surface area contributed by atoms with Gasteiger partial charge in [0.05, 0.1) is 14.2 Å². The number of hydrogen-bond acceptors (Lipinski definition) is 5. The van der Waals surface area contributed by atoms with E-state index in [9.17, 15) is 14.7 Å². The van der Waals surface area contributed by atoms with Crippen molar-refractivity contribution in [2.45, 2.75) is 0 Å². The number of phenolic OH excluding ortho intramolecular Hbond substituents is 1. The largest absolute Gasteiger partial charge is 0.504 e. The van der Waals surface area contributed by atoms with Crippen LogP contribution in [0.1, 0.15) is 20.7 Å². The Balaban J connectivity index is 3.36. The van der Waals surface area contributed by atoms with E-state index >= 15 is 0 Å². The van der Waals surface area contributed by atoms with Crippen molar-refractivity contribution >= 4 is 12.3 Å². The molecule has 0 saturated carbocycles. The molecule has 1 N–H and O–H groups in total. The van der Waals surface area contributed by atoms with Gasteiger partial charge in [0.1, 0.15) is 11.8 Å². The van der Waals surface area contributed by atoms with Crippen LogP contribution in [0.5, 0.6) is 11.5 Å². The van der Waals surface area contributed by atoms with Gasteiger partial charge in [0.2, 0.25) is 0 Å². The fourth-order valence-electron chi connectivity index (χ4n) is 1.12. The number of esters is 1. The van der Waals surface area contributed by atoms with E-state index in [1.807, 2.05) is 0 Å². The van der Waals surface area contributed by atoms with Gasteiger partial charge in [0.15, 0.2) is 11.5 Å². The summed E-state index contributed by atoms with van der Waals surface area (Å²) in [6.45, 7) is 0. The standard InChI is InChI=1S/C10H10O5/c1-14-8-4-6(5-11)3-7(9(8)12)10(13)15-2/h3-5,12H,1-2H3. The highest BCUT2D eigenvalue weighted by Gasteiger charge is 2.17. The minimum absolute atomic E-state index is 0.0556. The minimum Gasteiger partial charge on any atom is -0.504 e. The van der Waals surface area contributed by atoms with Crippen molar-refractivity contribution in [1.29, 1.82) is 0 Å². The molecule has 1 aromatic rings. The molecule has 15 heavy (non-hydrogen) atoms. The zero-order valence-corrected chi connectivity index (χ0v) is 8.31. The summed E-state index contributed by atoms with van der Waals surface area (Å²) in [4.78, 5) is 21.8. The van der Waals surface area contributed by atoms with Crippen LogP contribution in [0.25, 0.3) is 0 Å². The molecule has 0 amide bonds. The van der Waals surface area contributed by atoms with Gasteiger partial charge < -0.3 is 14.6 Å². The molecule has 80 valence electrons. The monoisotopic (exact) mass is 210 g/mol. The maximum Gasteiger partial charge on any atom is 0.341 e. The topological polar surface area (TPSA) is 72.8 Å². The lowest BCUT2D eigenvalue weighted by atomic mass is 10.1. The van der Waals surface area contributed by atoms with Gasteiger partial charge in [-0.25, -0.2) is 4.79 Å². The van der Waals surface area contributed by atoms with Crippen LogP contribution >= 0.6 is 0 Å². The first-order valence-corrected chi connectivity index (χ1v) is 4.08. The van der Waals surface area contributed by atoms with Gasteiger partial charge in [-0.1, -0.05) is 0 Å². The zero-order chi connectivity index (χ0) is 11.4. The summed E-state index contributed by atoms with van der Waals surface area (Å²) in [5, 5.41) is 9.57. The van der Waals surface area contributed by atoms with Crippen molar-refractivity contribution < 1.29 is 24.2 Å². The summed E-state index contributed by atoms with van der Waals surface area (Å²) in [5.41, 5.74) is 0.129. The highest BCUT2D eigenvalue weighted by atomic mass is 16.5. The lowest BCUT2D eigenvalue weighted by molar-refractivity contribution is 0.0596. The van der Waals surface area contributed by atoms with Crippen molar-refractivity contribution in [2.75, 3.05) is 14.2 Å². The summed E-state index contributed by atoms with van der Waals surface area (Å²) < 4.78 is 9.25. The Bertz CT molecular complexity index is 397. The molecule has 0 fully saturated rings. The third-order valence-electron chi connectivity index (χ3n) is 1.86. The zero-order valence-electron chi connectivity index (χ0n) is 8.31. The maximum absolute atomic E-state index is 11.2. The van der Waals surface area contributed by atoms with Gasteiger partial charge in [-0.2, -0.15) is 0 Å². The first-order chi connectivity index (χ1) is 7.13. The molecule has 0 aliphatic rings. The summed E-state index contributed by atoms with van der Waals surface area (Å²) in [5.74, 6) is -1.01. The molecule has 1 aromatic carbocycles. The van der Waals surface area contributed by atoms with E-state index in [1.54, 1.807) is 0 Å². The summed E-state index contributed by atoms with van der Waals surface area (Å²) in [7, 11) is 2.51. The highest BCUT2D eigenvalue weighted by Crippen LogP contribution is 2.31. The number of phenols is 1. The molecule has 0 heterocycles. The fraction of sp³-hybridized carbons (Fsp3) is 0.200. The van der Waals surface area contributed by atoms with E-state index in [0.29, 0.717) is 6.29 Å². The molecule has 0 aromatic heterocycles. The van der Waals surface area contributed by atoms with E-state index in [4.69, 9.17) is 4.74 Å². The van der Waals surface area contributed by atoms with Crippen LogP contribution in [0.15, 0.2) is 12.1 Å². The van der Waals surface area contributed by atoms with E-state index in [2.05, 4.69) is 4.74 Å². The number of aldehydes is 1. The molecule has 1 rings (SSSR count). The summed E-state index contributed by atoms with van der Waals surface area (Å²) >= 11 is 0. The van der Waals surface area contributed by atoms with Gasteiger partial charge in [0, 0.05) is 5.56 Å². The molecule has 0 radical (unpaired) electrons. The molecular formula is C10H10O5. The number of carbonyl (C=O) groups excluding carboxylic acids is 2. The van der Waals surface area contributed by atoms with Crippen molar-refractivity contribution in [3.8, 4) is 11.5 Å². The van der Waals surface area contributed by atoms with E-state index in [0.717, 1.165) is 0 Å². The third kappa shape index (κ3) is 2.07. The Kier molecular flexibility index (Phi) is 3.28. The molecule has 0 saturated heterocycles. The number of rotatable bonds is 3. The van der Waals surface area contributed by atoms with Crippen LogP contribution < -0.4 is 4.74 Å². The van der Waals surface area contributed by atoms with Gasteiger partial charge in [-0.05, 0) is 12.1 Å². The Hall–Kier alpha value is -2.04. The predicted molar refractivity (Wildman–Crippen MR) is 51.4 cm³/mol. The highest BCUT2D eigenvalue weighted by molar-refractivity contribution is 5.95. The molecule has 0 bridgehead atoms. The second kappa shape index (κ2) is 4.45. The molecular weight excluding hydrogens is 200 g/mol. The first-order valence-electron chi connectivity index (χ1n) is 4.08. The van der Waals surface area contributed by atoms with Crippen molar-refractivity contribution in [1.82, 2.24) is 0 Å². The van der Waals surface area contributed by atoms with E-state index < -0.39 is 5.97 Å². The summed E-state index contributed by atoms with van der Waals surface area (Å²) in [6.07, 6.45) is 0.550. The lowest BCUT2D eigenvalue weighted by Crippen LogP contribution is -2.03. The molecule has 0 spiro atoms. The Labute approximate surface area is 86.2 Å². The van der Waals surface area contributed by atoms with Crippen molar-refractivity contribution in [3.05, 3.63) is 23.3 Å². The normalized spacial score (nSPS) is 9.47. The number of hydrogen-bond donors (Lipinski definition) is 1. The molecule has 5 nitrogen and oxygen atoms in total. The van der Waals surface area contributed by atoms with Crippen LogP contribution in [0, 0.1) is 0 Å². The third-order valence-corrected chi connectivity index (χ3v) is 1.86. The Morgan fingerprint density at radius 1 is 1.40 bits per heavy atom. The summed E-state index contributed by atoms with van der Waals surface area (Å²) in [6, 6.07) is 2.56. The Morgan fingerprint density at radius 2 is 2.07 bits per heavy atom. The van der Waals surface area contributed by atoms with Gasteiger partial charge >= 0.3 is 5.97 Å². The van der Waals surface area contributed by atoms with Crippen molar-refractivity contribution in [3.63, 3.8) is 0 Å². The van der Waals surface area contributed by atoms with Gasteiger partial charge in [-0.15, -0.1) is 0 Å². The molecule has 0 aliphatic heterocycles. The second-order valence-corrected chi connectivity index (χ2v) is 2.73. The average Bonchev–Trinajstić information content (AvgIpc) is 2.28. The average molecular weight is 210 g/mol. The fourth-order valence-corrected chi connectivity index (χ4v) is 1.12. The van der Waals surface area contributed by atoms with Crippen LogP contribution in [0.4, 0.5) is 0 Å². The molecule has 0 unspecified atom stereocenters. The molecule has 5 heteroatoms. The predicted octanol–water partition coefficient (Wildman–Crippen LogP) is 1.000. The first kappa shape index (κ1) is 11.0. The van der Waals surface area contributed by atoms with Crippen LogP contribution in [0.3, 0.4) is 0 Å². The van der Waals surface area contributed by atoms with Gasteiger partial charge in [-0.3, -0.25) is 4.79 Å². The molecule has 0 atom stereocenters. The SMILES string of the molecule is COC(=O)c1cc(C=O)cc(OC)c1O. The number of methoxy groups -OCH3 is 2. The van der Waals surface area contributed by atoms with E-state index in [1.165, 1.54) is 26.4 Å². The lowest BCUT2D eigenvalue weighted by Gasteiger charge is -2.08. The number of aromatic hydroxyl groups is 1.